The fourth-order valence-corrected chi connectivity index (χ4v) is 3.12. The van der Waals surface area contributed by atoms with Crippen LogP contribution >= 0.6 is 0 Å². The van der Waals surface area contributed by atoms with Crippen molar-refractivity contribution in [2.75, 3.05) is 7.11 Å². The highest BCUT2D eigenvalue weighted by Gasteiger charge is 2.41. The van der Waals surface area contributed by atoms with E-state index in [2.05, 4.69) is 12.2 Å². The highest BCUT2D eigenvalue weighted by molar-refractivity contribution is 6.04. The number of allylic oxidation sites excluding steroid dienone is 4. The van der Waals surface area contributed by atoms with Crippen LogP contribution < -0.4 is 4.74 Å². The number of hydrogen-bond acceptors (Lipinski definition) is 2. The van der Waals surface area contributed by atoms with E-state index in [-0.39, 0.29) is 11.7 Å². The second kappa shape index (κ2) is 6.25. The third-order valence-corrected chi connectivity index (χ3v) is 4.61. The van der Waals surface area contributed by atoms with Crippen molar-refractivity contribution in [2.45, 2.75) is 12.3 Å². The smallest absolute Gasteiger partial charge is 0.174 e. The summed E-state index contributed by atoms with van der Waals surface area (Å²) in [6.07, 6.45) is 8.20. The molecule has 1 unspecified atom stereocenters. The molecule has 0 aliphatic heterocycles. The molecule has 0 aromatic heterocycles. The summed E-state index contributed by atoms with van der Waals surface area (Å²) in [5.74, 6) is 0.927. The molecule has 2 nitrogen and oxygen atoms in total. The lowest BCUT2D eigenvalue weighted by Crippen LogP contribution is -2.38. The number of methoxy groups -OCH3 is 1. The van der Waals surface area contributed by atoms with Gasteiger partial charge in [-0.1, -0.05) is 54.6 Å². The molecule has 3 rings (SSSR count). The van der Waals surface area contributed by atoms with Gasteiger partial charge in [-0.3, -0.25) is 4.79 Å². The first kappa shape index (κ1) is 15.3. The molecule has 2 aromatic rings. The van der Waals surface area contributed by atoms with Gasteiger partial charge in [-0.05, 0) is 36.8 Å². The molecule has 0 saturated carbocycles. The summed E-state index contributed by atoms with van der Waals surface area (Å²) in [4.78, 5) is 13.3. The van der Waals surface area contributed by atoms with Crippen LogP contribution in [0.4, 0.5) is 0 Å². The highest BCUT2D eigenvalue weighted by atomic mass is 16.5. The Hall–Kier alpha value is -2.61. The normalized spacial score (nSPS) is 16.3. The minimum Gasteiger partial charge on any atom is -0.497 e. The molecule has 0 spiro atoms. The van der Waals surface area contributed by atoms with Gasteiger partial charge in [-0.2, -0.15) is 0 Å². The van der Waals surface area contributed by atoms with Crippen molar-refractivity contribution in [2.24, 2.45) is 5.92 Å². The summed E-state index contributed by atoms with van der Waals surface area (Å²) in [5, 5.41) is 0. The minimum absolute atomic E-state index is 0.0551. The molecule has 0 bridgehead atoms. The van der Waals surface area contributed by atoms with Gasteiger partial charge in [0.1, 0.15) is 5.75 Å². The van der Waals surface area contributed by atoms with Crippen LogP contribution in [-0.2, 0) is 5.41 Å². The van der Waals surface area contributed by atoms with Gasteiger partial charge in [-0.25, -0.2) is 0 Å². The molecule has 2 heteroatoms. The summed E-state index contributed by atoms with van der Waals surface area (Å²) in [7, 11) is 1.62. The van der Waals surface area contributed by atoms with E-state index in [9.17, 15) is 4.79 Å². The molecule has 0 fully saturated rings. The van der Waals surface area contributed by atoms with Crippen LogP contribution in [0.25, 0.3) is 0 Å². The highest BCUT2D eigenvalue weighted by Crippen LogP contribution is 2.39. The molecular formula is C21H20O2. The minimum atomic E-state index is -0.626. The molecule has 0 saturated heterocycles. The molecule has 1 aliphatic carbocycles. The number of ether oxygens (including phenoxy) is 1. The Balaban J connectivity index is 2.06. The van der Waals surface area contributed by atoms with Crippen LogP contribution in [0.1, 0.15) is 22.8 Å². The number of Topliss-reactive ketones (excluding diaryl/α,β-unsaturated/α-hetero) is 1. The maximum absolute atomic E-state index is 13.3. The van der Waals surface area contributed by atoms with E-state index in [1.807, 2.05) is 73.7 Å². The van der Waals surface area contributed by atoms with Crippen LogP contribution in [0, 0.1) is 5.92 Å². The monoisotopic (exact) mass is 304 g/mol. The lowest BCUT2D eigenvalue weighted by molar-refractivity contribution is 0.0875. The topological polar surface area (TPSA) is 26.3 Å². The van der Waals surface area contributed by atoms with Crippen LogP contribution in [0.3, 0.4) is 0 Å². The summed E-state index contributed by atoms with van der Waals surface area (Å²) in [5.41, 5.74) is 1.10. The molecule has 0 heterocycles. The zero-order valence-corrected chi connectivity index (χ0v) is 13.4. The fourth-order valence-electron chi connectivity index (χ4n) is 3.12. The molecule has 0 N–H and O–H groups in total. The van der Waals surface area contributed by atoms with Crippen LogP contribution in [0.15, 0.2) is 78.9 Å². The summed E-state index contributed by atoms with van der Waals surface area (Å²) < 4.78 is 5.19. The maximum Gasteiger partial charge on any atom is 0.174 e. The Kier molecular flexibility index (Phi) is 4.16. The van der Waals surface area contributed by atoms with Gasteiger partial charge in [0.25, 0.3) is 0 Å². The van der Waals surface area contributed by atoms with E-state index < -0.39 is 5.41 Å². The molecule has 2 aromatic carbocycles. The number of benzene rings is 2. The summed E-state index contributed by atoms with van der Waals surface area (Å²) in [6.45, 7) is 2.03. The quantitative estimate of drug-likeness (QED) is 0.756. The molecule has 0 amide bonds. The predicted molar refractivity (Wildman–Crippen MR) is 92.9 cm³/mol. The second-order valence-electron chi connectivity index (χ2n) is 5.92. The third kappa shape index (κ3) is 2.72. The maximum atomic E-state index is 13.3. The van der Waals surface area contributed by atoms with Gasteiger partial charge in [0.2, 0.25) is 0 Å². The summed E-state index contributed by atoms with van der Waals surface area (Å²) >= 11 is 0. The lowest BCUT2D eigenvalue weighted by atomic mass is 9.67. The Labute approximate surface area is 137 Å². The number of carbonyl (C=O) groups excluding carboxylic acids is 1. The largest absolute Gasteiger partial charge is 0.497 e. The standard InChI is InChI=1S/C21H20O2/c1-21(18-10-6-7-11-18,17-8-4-3-5-9-17)20(22)16-12-14-19(23-2)15-13-16/h3-15,18H,1-2H3. The van der Waals surface area contributed by atoms with Gasteiger partial charge >= 0.3 is 0 Å². The SMILES string of the molecule is COc1ccc(C(=O)C(C)(c2ccccc2)C2C=CC=C2)cc1. The van der Waals surface area contributed by atoms with E-state index in [1.54, 1.807) is 7.11 Å². The number of ketones is 1. The third-order valence-electron chi connectivity index (χ3n) is 4.61. The average Bonchev–Trinajstić information content (AvgIpc) is 3.16. The van der Waals surface area contributed by atoms with Gasteiger partial charge in [0.15, 0.2) is 5.78 Å². The van der Waals surface area contributed by atoms with Crippen molar-refractivity contribution in [1.82, 2.24) is 0 Å². The van der Waals surface area contributed by atoms with E-state index in [0.29, 0.717) is 5.56 Å². The Morgan fingerprint density at radius 2 is 1.57 bits per heavy atom. The summed E-state index contributed by atoms with van der Waals surface area (Å²) in [6, 6.07) is 17.3. The molecule has 1 atom stereocenters. The number of rotatable bonds is 5. The fraction of sp³-hybridized carbons (Fsp3) is 0.190. The van der Waals surface area contributed by atoms with Gasteiger partial charge < -0.3 is 4.74 Å². The zero-order valence-electron chi connectivity index (χ0n) is 13.4. The van der Waals surface area contributed by atoms with E-state index in [1.165, 1.54) is 0 Å². The molecule has 1 aliphatic rings. The van der Waals surface area contributed by atoms with Crippen LogP contribution in [0.2, 0.25) is 0 Å². The number of carbonyl (C=O) groups is 1. The van der Waals surface area contributed by atoms with Crippen molar-refractivity contribution < 1.29 is 9.53 Å². The van der Waals surface area contributed by atoms with Crippen molar-refractivity contribution in [1.29, 1.82) is 0 Å². The van der Waals surface area contributed by atoms with Crippen molar-refractivity contribution in [3.63, 3.8) is 0 Å². The lowest BCUT2D eigenvalue weighted by Gasteiger charge is -2.33. The van der Waals surface area contributed by atoms with Crippen molar-refractivity contribution in [3.8, 4) is 5.75 Å². The van der Waals surface area contributed by atoms with Gasteiger partial charge in [-0.15, -0.1) is 0 Å². The molecular weight excluding hydrogens is 284 g/mol. The van der Waals surface area contributed by atoms with Crippen molar-refractivity contribution >= 4 is 5.78 Å². The predicted octanol–water partition coefficient (Wildman–Crippen LogP) is 4.58. The van der Waals surface area contributed by atoms with Gasteiger partial charge in [0, 0.05) is 11.5 Å². The average molecular weight is 304 g/mol. The van der Waals surface area contributed by atoms with Crippen LogP contribution in [-0.4, -0.2) is 12.9 Å². The first-order valence-electron chi connectivity index (χ1n) is 7.75. The Bertz CT molecular complexity index is 729. The van der Waals surface area contributed by atoms with E-state index in [0.717, 1.165) is 11.3 Å². The van der Waals surface area contributed by atoms with E-state index in [4.69, 9.17) is 4.74 Å². The number of hydrogen-bond donors (Lipinski definition) is 0. The Morgan fingerprint density at radius 3 is 2.13 bits per heavy atom. The Morgan fingerprint density at radius 1 is 0.957 bits per heavy atom. The molecule has 23 heavy (non-hydrogen) atoms. The van der Waals surface area contributed by atoms with Crippen molar-refractivity contribution in [3.05, 3.63) is 90.0 Å². The first-order chi connectivity index (χ1) is 11.2. The first-order valence-corrected chi connectivity index (χ1v) is 7.75. The second-order valence-corrected chi connectivity index (χ2v) is 5.92. The zero-order chi connectivity index (χ0) is 16.3. The molecule has 116 valence electrons. The van der Waals surface area contributed by atoms with E-state index >= 15 is 0 Å². The molecule has 0 radical (unpaired) electrons. The van der Waals surface area contributed by atoms with Crippen LogP contribution in [0.5, 0.6) is 5.75 Å². The van der Waals surface area contributed by atoms with Gasteiger partial charge in [0.05, 0.1) is 12.5 Å².